The number of carbonyl (C=O) groups excluding carboxylic acids is 1. The third-order valence-electron chi connectivity index (χ3n) is 4.06. The number of benzene rings is 2. The Morgan fingerprint density at radius 1 is 0.913 bits per heavy atom. The van der Waals surface area contributed by atoms with Gasteiger partial charge in [0.2, 0.25) is 0 Å². The predicted octanol–water partition coefficient (Wildman–Crippen LogP) is 4.39. The van der Waals surface area contributed by atoms with Crippen LogP contribution in [0.25, 0.3) is 11.6 Å². The molecule has 0 amide bonds. The topological polar surface area (TPSA) is 35.5 Å². The number of carbonyl (C=O) groups is 1. The second kappa shape index (κ2) is 6.13. The van der Waals surface area contributed by atoms with Crippen molar-refractivity contribution in [3.8, 4) is 11.5 Å². The zero-order valence-electron chi connectivity index (χ0n) is 13.4. The fraction of sp³-hybridized carbons (Fsp3) is 0.150. The quantitative estimate of drug-likeness (QED) is 0.840. The van der Waals surface area contributed by atoms with Crippen LogP contribution in [0.3, 0.4) is 0 Å². The van der Waals surface area contributed by atoms with E-state index in [1.807, 2.05) is 49.4 Å². The molecule has 0 fully saturated rings. The molecule has 0 radical (unpaired) electrons. The maximum absolute atomic E-state index is 12.7. The molecule has 3 heteroatoms. The number of ketones is 1. The first-order valence-corrected chi connectivity index (χ1v) is 7.41. The first kappa shape index (κ1) is 15.1. The summed E-state index contributed by atoms with van der Waals surface area (Å²) in [6, 6.07) is 13.5. The Labute approximate surface area is 135 Å². The largest absolute Gasteiger partial charge is 0.493 e. The van der Waals surface area contributed by atoms with Crippen molar-refractivity contribution in [1.29, 1.82) is 0 Å². The summed E-state index contributed by atoms with van der Waals surface area (Å²) in [5.74, 6) is 1.26. The lowest BCUT2D eigenvalue weighted by Gasteiger charge is -2.12. The normalized spacial score (nSPS) is 13.6. The summed E-state index contributed by atoms with van der Waals surface area (Å²) in [5, 5.41) is 0. The van der Waals surface area contributed by atoms with E-state index in [0.717, 1.165) is 16.7 Å². The molecular formula is C20H18O3. The summed E-state index contributed by atoms with van der Waals surface area (Å²) in [6.45, 7) is 1.94. The molecule has 3 nitrogen and oxygen atoms in total. The van der Waals surface area contributed by atoms with E-state index < -0.39 is 0 Å². The second-order valence-corrected chi connectivity index (χ2v) is 5.34. The van der Waals surface area contributed by atoms with Gasteiger partial charge in [-0.2, -0.15) is 0 Å². The van der Waals surface area contributed by atoms with Crippen LogP contribution < -0.4 is 9.47 Å². The van der Waals surface area contributed by atoms with Gasteiger partial charge in [-0.05, 0) is 30.2 Å². The molecule has 116 valence electrons. The summed E-state index contributed by atoms with van der Waals surface area (Å²) in [5.41, 5.74) is 4.14. The lowest BCUT2D eigenvalue weighted by Crippen LogP contribution is -1.99. The number of rotatable bonds is 4. The van der Waals surface area contributed by atoms with Gasteiger partial charge in [0.15, 0.2) is 17.3 Å². The Kier molecular flexibility index (Phi) is 4.02. The molecule has 2 aromatic carbocycles. The fourth-order valence-electron chi connectivity index (χ4n) is 2.88. The molecule has 1 aliphatic carbocycles. The summed E-state index contributed by atoms with van der Waals surface area (Å²) >= 11 is 0. The van der Waals surface area contributed by atoms with Gasteiger partial charge in [0, 0.05) is 16.7 Å². The Balaban J connectivity index is 2.07. The predicted molar refractivity (Wildman–Crippen MR) is 91.9 cm³/mol. The van der Waals surface area contributed by atoms with Gasteiger partial charge in [0.1, 0.15) is 0 Å². The van der Waals surface area contributed by atoms with E-state index in [2.05, 4.69) is 0 Å². The molecule has 0 unspecified atom stereocenters. The summed E-state index contributed by atoms with van der Waals surface area (Å²) in [6.07, 6.45) is 3.82. The third-order valence-corrected chi connectivity index (χ3v) is 4.06. The van der Waals surface area contributed by atoms with Crippen LogP contribution in [0.5, 0.6) is 11.5 Å². The van der Waals surface area contributed by atoms with E-state index in [1.165, 1.54) is 0 Å². The molecule has 2 aromatic rings. The number of fused-ring (bicyclic) bond motifs is 1. The fourth-order valence-corrected chi connectivity index (χ4v) is 2.88. The number of ether oxygens (including phenoxy) is 2. The van der Waals surface area contributed by atoms with Crippen molar-refractivity contribution < 1.29 is 14.3 Å². The highest BCUT2D eigenvalue weighted by Crippen LogP contribution is 2.44. The van der Waals surface area contributed by atoms with E-state index in [-0.39, 0.29) is 5.78 Å². The van der Waals surface area contributed by atoms with Crippen molar-refractivity contribution >= 4 is 17.4 Å². The minimum absolute atomic E-state index is 0.0191. The van der Waals surface area contributed by atoms with Crippen molar-refractivity contribution in [1.82, 2.24) is 0 Å². The molecular weight excluding hydrogens is 288 g/mol. The Bertz CT molecular complexity index is 814. The van der Waals surface area contributed by atoms with Gasteiger partial charge in [0.05, 0.1) is 14.2 Å². The Morgan fingerprint density at radius 2 is 1.65 bits per heavy atom. The van der Waals surface area contributed by atoms with Crippen LogP contribution in [0.1, 0.15) is 28.4 Å². The van der Waals surface area contributed by atoms with Crippen molar-refractivity contribution in [2.24, 2.45) is 0 Å². The lowest BCUT2D eigenvalue weighted by atomic mass is 10.0. The van der Waals surface area contributed by atoms with E-state index in [9.17, 15) is 4.79 Å². The van der Waals surface area contributed by atoms with E-state index in [1.54, 1.807) is 26.4 Å². The van der Waals surface area contributed by atoms with Gasteiger partial charge in [-0.25, -0.2) is 0 Å². The van der Waals surface area contributed by atoms with Crippen molar-refractivity contribution in [3.63, 3.8) is 0 Å². The number of methoxy groups -OCH3 is 2. The minimum atomic E-state index is 0.0191. The Morgan fingerprint density at radius 3 is 2.30 bits per heavy atom. The molecule has 0 atom stereocenters. The Hall–Kier alpha value is -2.81. The molecule has 0 heterocycles. The molecule has 0 N–H and O–H groups in total. The van der Waals surface area contributed by atoms with Gasteiger partial charge in [-0.1, -0.05) is 42.5 Å². The van der Waals surface area contributed by atoms with Crippen LogP contribution in [0.15, 0.2) is 54.1 Å². The smallest absolute Gasteiger partial charge is 0.194 e. The van der Waals surface area contributed by atoms with Crippen molar-refractivity contribution in [2.75, 3.05) is 14.2 Å². The van der Waals surface area contributed by atoms with Gasteiger partial charge in [-0.3, -0.25) is 4.79 Å². The highest BCUT2D eigenvalue weighted by Gasteiger charge is 2.30. The number of hydrogen-bond donors (Lipinski definition) is 0. The second-order valence-electron chi connectivity index (χ2n) is 5.34. The molecule has 1 aliphatic rings. The van der Waals surface area contributed by atoms with Crippen LogP contribution in [0, 0.1) is 0 Å². The maximum Gasteiger partial charge on any atom is 0.194 e. The maximum atomic E-state index is 12.7. The zero-order chi connectivity index (χ0) is 16.4. The van der Waals surface area contributed by atoms with Crippen molar-refractivity contribution in [2.45, 2.75) is 6.92 Å². The average molecular weight is 306 g/mol. The molecule has 0 spiro atoms. The molecule has 23 heavy (non-hydrogen) atoms. The minimum Gasteiger partial charge on any atom is -0.493 e. The number of allylic oxidation sites excluding steroid dienone is 3. The molecule has 0 saturated heterocycles. The summed E-state index contributed by atoms with van der Waals surface area (Å²) < 4.78 is 10.8. The van der Waals surface area contributed by atoms with Crippen LogP contribution in [0.4, 0.5) is 0 Å². The monoisotopic (exact) mass is 306 g/mol. The van der Waals surface area contributed by atoms with Gasteiger partial charge < -0.3 is 9.47 Å². The highest BCUT2D eigenvalue weighted by atomic mass is 16.5. The molecule has 3 rings (SSSR count). The average Bonchev–Trinajstić information content (AvgIpc) is 2.84. The highest BCUT2D eigenvalue weighted by molar-refractivity contribution is 6.23. The van der Waals surface area contributed by atoms with Crippen LogP contribution >= 0.6 is 0 Å². The zero-order valence-corrected chi connectivity index (χ0v) is 13.4. The van der Waals surface area contributed by atoms with Gasteiger partial charge >= 0.3 is 0 Å². The van der Waals surface area contributed by atoms with E-state index in [0.29, 0.717) is 22.6 Å². The van der Waals surface area contributed by atoms with E-state index in [4.69, 9.17) is 9.47 Å². The summed E-state index contributed by atoms with van der Waals surface area (Å²) in [4.78, 5) is 12.7. The van der Waals surface area contributed by atoms with Crippen molar-refractivity contribution in [3.05, 3.63) is 70.8 Å². The van der Waals surface area contributed by atoms with Crippen LogP contribution in [-0.2, 0) is 0 Å². The molecule has 0 saturated carbocycles. The SMILES string of the molecule is COc1ccc2c(c1OC)C(C)=C(C=Cc1ccccc1)C2=O. The first-order valence-electron chi connectivity index (χ1n) is 7.41. The number of hydrogen-bond acceptors (Lipinski definition) is 3. The standard InChI is InChI=1S/C20H18O3/c1-13-15(10-9-14-7-5-4-6-8-14)19(21)16-11-12-17(22-2)20(23-3)18(13)16/h4-12H,1-3H3. The van der Waals surface area contributed by atoms with Crippen LogP contribution in [0.2, 0.25) is 0 Å². The van der Waals surface area contributed by atoms with Crippen LogP contribution in [-0.4, -0.2) is 20.0 Å². The summed E-state index contributed by atoms with van der Waals surface area (Å²) in [7, 11) is 3.18. The molecule has 0 bridgehead atoms. The number of Topliss-reactive ketones (excluding diaryl/α,β-unsaturated/α-hetero) is 1. The van der Waals surface area contributed by atoms with E-state index >= 15 is 0 Å². The third kappa shape index (κ3) is 2.55. The molecule has 0 aromatic heterocycles. The van der Waals surface area contributed by atoms with Gasteiger partial charge in [-0.15, -0.1) is 0 Å². The van der Waals surface area contributed by atoms with Gasteiger partial charge in [0.25, 0.3) is 0 Å². The molecule has 0 aliphatic heterocycles. The lowest BCUT2D eigenvalue weighted by molar-refractivity contribution is 0.104. The first-order chi connectivity index (χ1) is 11.2.